The van der Waals surface area contributed by atoms with E-state index in [2.05, 4.69) is 16.5 Å². The smallest absolute Gasteiger partial charge is 0.418 e. The molecule has 0 spiro atoms. The van der Waals surface area contributed by atoms with Crippen molar-refractivity contribution in [2.75, 3.05) is 23.0 Å². The van der Waals surface area contributed by atoms with Crippen molar-refractivity contribution in [3.63, 3.8) is 0 Å². The van der Waals surface area contributed by atoms with E-state index in [1.54, 1.807) is 18.5 Å². The van der Waals surface area contributed by atoms with Crippen molar-refractivity contribution in [2.24, 2.45) is 5.10 Å². The Hall–Kier alpha value is -4.44. The lowest BCUT2D eigenvalue weighted by Crippen LogP contribution is -2.28. The highest BCUT2D eigenvalue weighted by molar-refractivity contribution is 6.18. The second-order valence-corrected chi connectivity index (χ2v) is 9.65. The van der Waals surface area contributed by atoms with Crippen LogP contribution in [0.25, 0.3) is 17.0 Å². The number of aliphatic hydroxyl groups is 1. The van der Waals surface area contributed by atoms with Gasteiger partial charge in [-0.1, -0.05) is 20.4 Å². The van der Waals surface area contributed by atoms with E-state index in [4.69, 9.17) is 9.52 Å². The van der Waals surface area contributed by atoms with Crippen molar-refractivity contribution in [3.8, 4) is 11.3 Å². The summed E-state index contributed by atoms with van der Waals surface area (Å²) >= 11 is 0. The van der Waals surface area contributed by atoms with E-state index < -0.39 is 17.8 Å². The van der Waals surface area contributed by atoms with E-state index >= 15 is 0 Å². The first-order chi connectivity index (χ1) is 19.7. The van der Waals surface area contributed by atoms with Crippen LogP contribution in [0.1, 0.15) is 48.2 Å². The molecule has 2 aliphatic rings. The molecular weight excluding hydrogens is 531 g/mol. The van der Waals surface area contributed by atoms with Gasteiger partial charge in [-0.3, -0.25) is 4.98 Å². The quantitative estimate of drug-likeness (QED) is 0.292. The van der Waals surface area contributed by atoms with Gasteiger partial charge in [0.05, 0.1) is 34.9 Å². The Bertz CT molecular complexity index is 1600. The molecule has 2 aromatic carbocycles. The average molecular weight is 562 g/mol. The maximum Gasteiger partial charge on any atom is 0.418 e. The Morgan fingerprint density at radius 1 is 1.07 bits per heavy atom. The van der Waals surface area contributed by atoms with Crippen LogP contribution in [0.2, 0.25) is 0 Å². The Labute approximate surface area is 236 Å². The fourth-order valence-electron chi connectivity index (χ4n) is 5.08. The summed E-state index contributed by atoms with van der Waals surface area (Å²) in [6.07, 6.45) is -0.100. The summed E-state index contributed by atoms with van der Waals surface area (Å²) in [5, 5.41) is 16.0. The maximum absolute atomic E-state index is 14.3. The van der Waals surface area contributed by atoms with Gasteiger partial charge < -0.3 is 14.4 Å². The van der Waals surface area contributed by atoms with Gasteiger partial charge in [-0.05, 0) is 67.4 Å². The van der Waals surface area contributed by atoms with E-state index in [-0.39, 0.29) is 11.4 Å². The highest BCUT2D eigenvalue weighted by Crippen LogP contribution is 2.43. The van der Waals surface area contributed by atoms with Gasteiger partial charge in [-0.15, -0.1) is 0 Å². The molecule has 1 unspecified atom stereocenters. The number of aliphatic hydroxyl groups excluding tert-OH is 1. The van der Waals surface area contributed by atoms with Crippen LogP contribution in [-0.2, 0) is 6.18 Å². The van der Waals surface area contributed by atoms with Crippen molar-refractivity contribution in [1.82, 2.24) is 9.97 Å². The molecule has 2 aromatic heterocycles. The van der Waals surface area contributed by atoms with E-state index in [0.717, 1.165) is 17.2 Å². The molecule has 1 N–H and O–H groups in total. The molecule has 0 radical (unpaired) electrons. The number of hydrogen-bond acceptors (Lipinski definition) is 7. The molecular formula is C31H30F3N5O2. The molecule has 6 rings (SSSR count). The zero-order valence-electron chi connectivity index (χ0n) is 23.0. The van der Waals surface area contributed by atoms with Crippen molar-refractivity contribution in [2.45, 2.75) is 39.5 Å². The number of aryl methyl sites for hydroxylation is 1. The first-order valence-electron chi connectivity index (χ1n) is 13.4. The topological polar surface area (TPSA) is 78.0 Å². The van der Waals surface area contributed by atoms with Crippen LogP contribution in [0, 0.1) is 6.92 Å². The fraction of sp³-hybridized carbons (Fsp3) is 0.258. The number of alkyl halides is 3. The van der Waals surface area contributed by atoms with Crippen molar-refractivity contribution < 1.29 is 22.7 Å². The number of β-amino-alcohol motifs (C(OH)–C–C–N with tert-alkyl or cyclic N) is 1. The number of aromatic nitrogens is 2. The summed E-state index contributed by atoms with van der Waals surface area (Å²) in [7, 11) is 0. The average Bonchev–Trinajstić information content (AvgIpc) is 3.66. The van der Waals surface area contributed by atoms with Gasteiger partial charge in [0.15, 0.2) is 12.2 Å². The molecule has 0 saturated carbocycles. The maximum atomic E-state index is 14.3. The second kappa shape index (κ2) is 11.2. The largest absolute Gasteiger partial charge is 0.444 e. The minimum Gasteiger partial charge on any atom is -0.444 e. The fourth-order valence-corrected chi connectivity index (χ4v) is 5.08. The first-order valence-corrected chi connectivity index (χ1v) is 13.4. The predicted octanol–water partition coefficient (Wildman–Crippen LogP) is 6.90. The molecule has 1 saturated heterocycles. The molecule has 0 aliphatic carbocycles. The molecule has 2 aliphatic heterocycles. The van der Waals surface area contributed by atoms with E-state index in [1.165, 1.54) is 23.5 Å². The number of halogens is 3. The third-order valence-corrected chi connectivity index (χ3v) is 6.90. The van der Waals surface area contributed by atoms with Crippen LogP contribution < -0.4 is 9.91 Å². The number of rotatable bonds is 4. The van der Waals surface area contributed by atoms with Crippen LogP contribution in [0.5, 0.6) is 0 Å². The number of oxazole rings is 1. The Balaban J connectivity index is 0.00000165. The van der Waals surface area contributed by atoms with Crippen LogP contribution in [0.15, 0.2) is 83.4 Å². The van der Waals surface area contributed by atoms with Crippen LogP contribution in [0.4, 0.5) is 24.5 Å². The van der Waals surface area contributed by atoms with E-state index in [9.17, 15) is 18.3 Å². The van der Waals surface area contributed by atoms with Crippen molar-refractivity contribution in [3.05, 3.63) is 102 Å². The molecule has 0 amide bonds. The second-order valence-electron chi connectivity index (χ2n) is 9.65. The lowest BCUT2D eigenvalue weighted by Gasteiger charge is -2.31. The summed E-state index contributed by atoms with van der Waals surface area (Å²) in [5.41, 5.74) is 3.66. The highest BCUT2D eigenvalue weighted by atomic mass is 19.4. The minimum atomic E-state index is -4.64. The lowest BCUT2D eigenvalue weighted by atomic mass is 9.94. The zero-order valence-corrected chi connectivity index (χ0v) is 23.0. The van der Waals surface area contributed by atoms with Gasteiger partial charge in [0.2, 0.25) is 0 Å². The van der Waals surface area contributed by atoms with Gasteiger partial charge in [-0.2, -0.15) is 18.3 Å². The number of fused-ring (bicyclic) bond motifs is 1. The summed E-state index contributed by atoms with van der Waals surface area (Å²) in [6, 6.07) is 13.2. The standard InChI is InChI=1S/C29H24F3N5O2.C2H6/c1-17-10-19(26-14-33-16-39-26)12-20(11-17)28-23-4-3-8-34-27(23)18(2)37(35-28)25-13-21(36-9-7-22(38)15-36)5-6-24(25)29(30,31)32;1-2/h3-6,8,10-14,16,22,38H,2,7,9,15H2,1H3;1-2H3. The number of benzene rings is 2. The Kier molecular flexibility index (Phi) is 7.68. The summed E-state index contributed by atoms with van der Waals surface area (Å²) < 4.78 is 48.4. The number of pyridine rings is 1. The molecule has 4 heterocycles. The third kappa shape index (κ3) is 5.47. The molecule has 0 bridgehead atoms. The highest BCUT2D eigenvalue weighted by Gasteiger charge is 2.38. The van der Waals surface area contributed by atoms with Gasteiger partial charge in [0.1, 0.15) is 5.71 Å². The zero-order chi connectivity index (χ0) is 29.3. The number of hydrazone groups is 1. The molecule has 212 valence electrons. The molecule has 10 heteroatoms. The number of nitrogens with zero attached hydrogens (tertiary/aromatic N) is 5. The molecule has 41 heavy (non-hydrogen) atoms. The summed E-state index contributed by atoms with van der Waals surface area (Å²) in [6.45, 7) is 10.9. The minimum absolute atomic E-state index is 0.164. The van der Waals surface area contributed by atoms with Gasteiger partial charge in [-0.25, -0.2) is 9.99 Å². The van der Waals surface area contributed by atoms with Crippen LogP contribution in [-0.4, -0.2) is 40.0 Å². The van der Waals surface area contributed by atoms with Gasteiger partial charge in [0, 0.05) is 41.7 Å². The Morgan fingerprint density at radius 3 is 2.54 bits per heavy atom. The number of anilines is 2. The molecule has 4 aromatic rings. The molecule has 1 fully saturated rings. The van der Waals surface area contributed by atoms with Crippen LogP contribution >= 0.6 is 0 Å². The van der Waals surface area contributed by atoms with Crippen molar-refractivity contribution >= 4 is 22.8 Å². The van der Waals surface area contributed by atoms with E-state index in [0.29, 0.717) is 53.5 Å². The van der Waals surface area contributed by atoms with E-state index in [1.807, 2.05) is 49.9 Å². The Morgan fingerprint density at radius 2 is 1.85 bits per heavy atom. The summed E-state index contributed by atoms with van der Waals surface area (Å²) in [5.74, 6) is 0.559. The predicted molar refractivity (Wildman–Crippen MR) is 154 cm³/mol. The SMILES string of the molecule is C=C1c2ncccc2C(c2cc(C)cc(-c3cnco3)c2)=NN1c1cc(N2CCC(O)C2)ccc1C(F)(F)F.CC. The van der Waals surface area contributed by atoms with Crippen molar-refractivity contribution in [1.29, 1.82) is 0 Å². The monoisotopic (exact) mass is 561 g/mol. The molecule has 7 nitrogen and oxygen atoms in total. The summed E-state index contributed by atoms with van der Waals surface area (Å²) in [4.78, 5) is 10.3. The normalized spacial score (nSPS) is 16.7. The van der Waals surface area contributed by atoms with Crippen LogP contribution in [0.3, 0.4) is 0 Å². The lowest BCUT2D eigenvalue weighted by molar-refractivity contribution is -0.137. The van der Waals surface area contributed by atoms with Gasteiger partial charge >= 0.3 is 6.18 Å². The van der Waals surface area contributed by atoms with Gasteiger partial charge in [0.25, 0.3) is 0 Å². The molecule has 1 atom stereocenters. The first kappa shape index (κ1) is 28.1. The third-order valence-electron chi connectivity index (χ3n) is 6.90. The number of hydrogen-bond donors (Lipinski definition) is 1.